The third-order valence-electron chi connectivity index (χ3n) is 5.30. The molecule has 1 aliphatic rings. The highest BCUT2D eigenvalue weighted by Gasteiger charge is 2.46. The SMILES string of the molecule is O=c1c2cccnc2ncn1Cc1nc(C2CC(O)(c3ccc(Cl)cc3)C2)no1. The predicted octanol–water partition coefficient (Wildman–Crippen LogP) is 2.64. The number of hydrogen-bond donors (Lipinski definition) is 1. The van der Waals surface area contributed by atoms with Crippen LogP contribution in [-0.4, -0.2) is 29.8 Å². The van der Waals surface area contributed by atoms with Crippen molar-refractivity contribution in [1.82, 2.24) is 24.7 Å². The number of aliphatic hydroxyl groups is 1. The summed E-state index contributed by atoms with van der Waals surface area (Å²) in [4.78, 5) is 25.2. The monoisotopic (exact) mass is 409 g/mol. The summed E-state index contributed by atoms with van der Waals surface area (Å²) in [5.41, 5.74) is 0.0891. The van der Waals surface area contributed by atoms with Crippen LogP contribution in [0.3, 0.4) is 0 Å². The van der Waals surface area contributed by atoms with Crippen LogP contribution in [0.2, 0.25) is 5.02 Å². The first kappa shape index (κ1) is 18.0. The van der Waals surface area contributed by atoms with E-state index in [4.69, 9.17) is 16.1 Å². The summed E-state index contributed by atoms with van der Waals surface area (Å²) in [5, 5.41) is 15.9. The molecule has 0 aliphatic heterocycles. The number of aromatic nitrogens is 5. The van der Waals surface area contributed by atoms with Gasteiger partial charge in [0.2, 0.25) is 5.89 Å². The third-order valence-corrected chi connectivity index (χ3v) is 5.55. The fraction of sp³-hybridized carbons (Fsp3) is 0.250. The van der Waals surface area contributed by atoms with Crippen LogP contribution in [0.5, 0.6) is 0 Å². The largest absolute Gasteiger partial charge is 0.385 e. The minimum atomic E-state index is -0.914. The summed E-state index contributed by atoms with van der Waals surface area (Å²) in [5.74, 6) is 0.833. The van der Waals surface area contributed by atoms with Crippen LogP contribution in [0.15, 0.2) is 58.2 Å². The molecule has 8 nitrogen and oxygen atoms in total. The summed E-state index contributed by atoms with van der Waals surface area (Å²) >= 11 is 5.91. The van der Waals surface area contributed by atoms with Gasteiger partial charge in [-0.3, -0.25) is 9.36 Å². The molecule has 1 aliphatic carbocycles. The molecule has 4 aromatic rings. The van der Waals surface area contributed by atoms with Crippen LogP contribution < -0.4 is 5.56 Å². The van der Waals surface area contributed by atoms with Gasteiger partial charge < -0.3 is 9.63 Å². The molecule has 29 heavy (non-hydrogen) atoms. The number of fused-ring (bicyclic) bond motifs is 1. The van der Waals surface area contributed by atoms with Crippen molar-refractivity contribution < 1.29 is 9.63 Å². The molecular formula is C20H16ClN5O3. The van der Waals surface area contributed by atoms with Crippen LogP contribution >= 0.6 is 11.6 Å². The molecule has 0 unspecified atom stereocenters. The van der Waals surface area contributed by atoms with E-state index < -0.39 is 5.60 Å². The molecule has 0 spiro atoms. The molecular weight excluding hydrogens is 394 g/mol. The Labute approximate surface area is 169 Å². The lowest BCUT2D eigenvalue weighted by atomic mass is 9.67. The van der Waals surface area contributed by atoms with E-state index >= 15 is 0 Å². The molecule has 9 heteroatoms. The first-order chi connectivity index (χ1) is 14.0. The van der Waals surface area contributed by atoms with Gasteiger partial charge in [-0.2, -0.15) is 4.98 Å². The fourth-order valence-corrected chi connectivity index (χ4v) is 3.81. The molecule has 1 N–H and O–H groups in total. The van der Waals surface area contributed by atoms with E-state index in [0.717, 1.165) is 5.56 Å². The minimum Gasteiger partial charge on any atom is -0.385 e. The van der Waals surface area contributed by atoms with Crippen LogP contribution in [0.1, 0.15) is 36.0 Å². The van der Waals surface area contributed by atoms with E-state index in [1.807, 2.05) is 12.1 Å². The second-order valence-corrected chi connectivity index (χ2v) is 7.68. The standard InChI is InChI=1S/C20H16ClN5O3/c21-14-5-3-13(4-6-14)20(28)8-12(9-20)17-24-16(29-25-17)10-26-11-23-18-15(19(26)27)2-1-7-22-18/h1-7,11-12,28H,8-10H2. The number of pyridine rings is 1. The molecule has 1 saturated carbocycles. The van der Waals surface area contributed by atoms with E-state index in [9.17, 15) is 9.90 Å². The Balaban J connectivity index is 1.32. The van der Waals surface area contributed by atoms with E-state index in [2.05, 4.69) is 20.1 Å². The predicted molar refractivity (Wildman–Crippen MR) is 105 cm³/mol. The molecule has 1 fully saturated rings. The molecule has 5 rings (SSSR count). The second kappa shape index (κ2) is 6.75. The number of hydrogen-bond acceptors (Lipinski definition) is 7. The lowest BCUT2D eigenvalue weighted by Crippen LogP contribution is -2.40. The Morgan fingerprint density at radius 1 is 1.21 bits per heavy atom. The summed E-state index contributed by atoms with van der Waals surface area (Å²) in [7, 11) is 0. The number of nitrogens with zero attached hydrogens (tertiary/aromatic N) is 5. The van der Waals surface area contributed by atoms with E-state index in [1.54, 1.807) is 30.5 Å². The van der Waals surface area contributed by atoms with Gasteiger partial charge >= 0.3 is 0 Å². The Kier molecular flexibility index (Phi) is 4.18. The molecule has 0 saturated heterocycles. The van der Waals surface area contributed by atoms with Gasteiger partial charge in [0, 0.05) is 17.1 Å². The zero-order valence-corrected chi connectivity index (χ0v) is 16.0. The van der Waals surface area contributed by atoms with Crippen LogP contribution in [0, 0.1) is 0 Å². The number of halogens is 1. The van der Waals surface area contributed by atoms with E-state index in [0.29, 0.717) is 40.6 Å². The van der Waals surface area contributed by atoms with Crippen molar-refractivity contribution >= 4 is 22.6 Å². The molecule has 0 radical (unpaired) electrons. The third kappa shape index (κ3) is 3.20. The van der Waals surface area contributed by atoms with Gasteiger partial charge in [-0.1, -0.05) is 28.9 Å². The van der Waals surface area contributed by atoms with Crippen molar-refractivity contribution in [3.63, 3.8) is 0 Å². The summed E-state index contributed by atoms with van der Waals surface area (Å²) < 4.78 is 6.73. The topological polar surface area (TPSA) is 107 Å². The zero-order chi connectivity index (χ0) is 20.0. The van der Waals surface area contributed by atoms with Crippen molar-refractivity contribution in [3.05, 3.63) is 81.6 Å². The Hall–Kier alpha value is -3.10. The maximum Gasteiger partial charge on any atom is 0.263 e. The maximum absolute atomic E-state index is 12.6. The van der Waals surface area contributed by atoms with Gasteiger partial charge in [-0.05, 0) is 42.7 Å². The second-order valence-electron chi connectivity index (χ2n) is 7.24. The molecule has 3 heterocycles. The van der Waals surface area contributed by atoms with E-state index in [1.165, 1.54) is 10.9 Å². The normalized spacial score (nSPS) is 21.2. The lowest BCUT2D eigenvalue weighted by Gasteiger charge is -2.42. The Bertz CT molecular complexity index is 1240. The number of rotatable bonds is 4. The van der Waals surface area contributed by atoms with Gasteiger partial charge in [0.25, 0.3) is 5.56 Å². The maximum atomic E-state index is 12.6. The highest BCUT2D eigenvalue weighted by atomic mass is 35.5. The lowest BCUT2D eigenvalue weighted by molar-refractivity contribution is -0.0573. The molecule has 3 aromatic heterocycles. The number of benzene rings is 1. The highest BCUT2D eigenvalue weighted by Crippen LogP contribution is 2.50. The minimum absolute atomic E-state index is 0.0103. The average Bonchev–Trinajstić information content (AvgIpc) is 3.16. The summed E-state index contributed by atoms with van der Waals surface area (Å²) in [6.45, 7) is 0.123. The van der Waals surface area contributed by atoms with Gasteiger partial charge in [0.05, 0.1) is 11.0 Å². The van der Waals surface area contributed by atoms with Crippen molar-refractivity contribution in [2.75, 3.05) is 0 Å². The highest BCUT2D eigenvalue weighted by molar-refractivity contribution is 6.30. The summed E-state index contributed by atoms with van der Waals surface area (Å²) in [6.07, 6.45) is 4.00. The fourth-order valence-electron chi connectivity index (χ4n) is 3.69. The van der Waals surface area contributed by atoms with Crippen molar-refractivity contribution in [2.24, 2.45) is 0 Å². The molecule has 1 aromatic carbocycles. The molecule has 0 bridgehead atoms. The van der Waals surface area contributed by atoms with Gasteiger partial charge in [0.15, 0.2) is 11.5 Å². The average molecular weight is 410 g/mol. The van der Waals surface area contributed by atoms with Crippen LogP contribution in [-0.2, 0) is 12.1 Å². The van der Waals surface area contributed by atoms with Crippen molar-refractivity contribution in [3.8, 4) is 0 Å². The van der Waals surface area contributed by atoms with Crippen molar-refractivity contribution in [1.29, 1.82) is 0 Å². The first-order valence-electron chi connectivity index (χ1n) is 9.13. The van der Waals surface area contributed by atoms with Gasteiger partial charge in [0.1, 0.15) is 12.9 Å². The Morgan fingerprint density at radius 3 is 2.79 bits per heavy atom. The van der Waals surface area contributed by atoms with Crippen LogP contribution in [0.4, 0.5) is 0 Å². The van der Waals surface area contributed by atoms with Gasteiger partial charge in [-0.15, -0.1) is 0 Å². The quantitative estimate of drug-likeness (QED) is 0.552. The molecule has 0 atom stereocenters. The van der Waals surface area contributed by atoms with Crippen molar-refractivity contribution in [2.45, 2.75) is 30.9 Å². The van der Waals surface area contributed by atoms with E-state index in [-0.39, 0.29) is 18.0 Å². The molecule has 146 valence electrons. The van der Waals surface area contributed by atoms with Crippen LogP contribution in [0.25, 0.3) is 11.0 Å². The first-order valence-corrected chi connectivity index (χ1v) is 9.51. The Morgan fingerprint density at radius 2 is 2.00 bits per heavy atom. The smallest absolute Gasteiger partial charge is 0.263 e. The van der Waals surface area contributed by atoms with Gasteiger partial charge in [-0.25, -0.2) is 9.97 Å². The zero-order valence-electron chi connectivity index (χ0n) is 15.2. The molecule has 0 amide bonds. The summed E-state index contributed by atoms with van der Waals surface area (Å²) in [6, 6.07) is 10.6.